The Morgan fingerprint density at radius 2 is 2.09 bits per heavy atom. The van der Waals surface area contributed by atoms with Crippen LogP contribution in [0, 0.1) is 28.6 Å². The van der Waals surface area contributed by atoms with Gasteiger partial charge in [-0.3, -0.25) is 14.6 Å². The molecular weight excluding hydrogens is 442 g/mol. The van der Waals surface area contributed by atoms with E-state index in [-0.39, 0.29) is 40.5 Å². The highest BCUT2D eigenvalue weighted by Crippen LogP contribution is 2.67. The van der Waals surface area contributed by atoms with Crippen molar-refractivity contribution in [3.8, 4) is 0 Å². The lowest BCUT2D eigenvalue weighted by molar-refractivity contribution is -0.178. The van der Waals surface area contributed by atoms with E-state index in [0.29, 0.717) is 19.3 Å². The van der Waals surface area contributed by atoms with E-state index in [4.69, 9.17) is 0 Å². The monoisotopic (exact) mass is 477 g/mol. The zero-order chi connectivity index (χ0) is 22.7. The largest absolute Gasteiger partial charge is 0.393 e. The SMILES string of the molecule is CC12CCC(=O)C=C1CCC1C2C(O)CC2(C)C1CC[C@]2(O)C(=O)CSC1=NCCCS1. The van der Waals surface area contributed by atoms with Crippen molar-refractivity contribution in [2.45, 2.75) is 76.9 Å². The van der Waals surface area contributed by atoms with Crippen LogP contribution >= 0.6 is 23.5 Å². The summed E-state index contributed by atoms with van der Waals surface area (Å²) < 4.78 is 0.961. The van der Waals surface area contributed by atoms with Crippen molar-refractivity contribution < 1.29 is 19.8 Å². The topological polar surface area (TPSA) is 87.0 Å². The van der Waals surface area contributed by atoms with Crippen LogP contribution in [-0.4, -0.2) is 55.9 Å². The third-order valence-electron chi connectivity index (χ3n) is 9.61. The molecule has 32 heavy (non-hydrogen) atoms. The number of allylic oxidation sites excluding steroid dienone is 1. The second-order valence-corrected chi connectivity index (χ2v) is 13.3. The first kappa shape index (κ1) is 23.1. The molecule has 2 N–H and O–H groups in total. The number of Topliss-reactive ketones (excluding diaryl/α,β-unsaturated/α-hetero) is 1. The molecule has 0 spiro atoms. The van der Waals surface area contributed by atoms with E-state index < -0.39 is 17.1 Å². The number of ketones is 2. The van der Waals surface area contributed by atoms with Gasteiger partial charge < -0.3 is 10.2 Å². The molecule has 1 aliphatic heterocycles. The summed E-state index contributed by atoms with van der Waals surface area (Å²) in [4.78, 5) is 30.0. The Morgan fingerprint density at radius 1 is 1.28 bits per heavy atom. The molecule has 0 bridgehead atoms. The van der Waals surface area contributed by atoms with Crippen molar-refractivity contribution in [3.63, 3.8) is 0 Å². The summed E-state index contributed by atoms with van der Waals surface area (Å²) in [5.41, 5.74) is -0.913. The van der Waals surface area contributed by atoms with Crippen LogP contribution in [0.1, 0.15) is 65.2 Å². The summed E-state index contributed by atoms with van der Waals surface area (Å²) in [7, 11) is 0. The lowest BCUT2D eigenvalue weighted by Gasteiger charge is -2.60. The van der Waals surface area contributed by atoms with Crippen LogP contribution in [0.4, 0.5) is 0 Å². The number of nitrogens with zero attached hydrogens (tertiary/aromatic N) is 1. The number of aliphatic imine (C=N–C) groups is 1. The summed E-state index contributed by atoms with van der Waals surface area (Å²) in [6, 6.07) is 0. The zero-order valence-corrected chi connectivity index (χ0v) is 20.8. The van der Waals surface area contributed by atoms with Gasteiger partial charge in [0.15, 0.2) is 11.6 Å². The number of carbonyl (C=O) groups excluding carboxylic acids is 2. The highest BCUT2D eigenvalue weighted by Gasteiger charge is 2.68. The first-order valence-corrected chi connectivity index (χ1v) is 14.1. The van der Waals surface area contributed by atoms with Gasteiger partial charge in [-0.2, -0.15) is 0 Å². The van der Waals surface area contributed by atoms with Gasteiger partial charge in [-0.25, -0.2) is 0 Å². The molecule has 3 saturated carbocycles. The molecule has 0 aromatic rings. The third-order valence-corrected chi connectivity index (χ3v) is 12.0. The number of aliphatic hydroxyl groups excluding tert-OH is 1. The van der Waals surface area contributed by atoms with Crippen LogP contribution in [-0.2, 0) is 9.59 Å². The van der Waals surface area contributed by atoms with Crippen molar-refractivity contribution in [2.24, 2.45) is 33.6 Å². The van der Waals surface area contributed by atoms with E-state index >= 15 is 0 Å². The van der Waals surface area contributed by atoms with E-state index in [0.717, 1.165) is 48.8 Å². The maximum absolute atomic E-state index is 13.4. The number of fused-ring (bicyclic) bond motifs is 5. The molecule has 7 heteroatoms. The Kier molecular flexibility index (Phi) is 5.96. The normalized spacial score (nSPS) is 45.9. The van der Waals surface area contributed by atoms with Crippen molar-refractivity contribution in [1.82, 2.24) is 0 Å². The van der Waals surface area contributed by atoms with E-state index in [1.54, 1.807) is 11.8 Å². The van der Waals surface area contributed by atoms with Gasteiger partial charge in [0.2, 0.25) is 0 Å². The average molecular weight is 478 g/mol. The van der Waals surface area contributed by atoms with Gasteiger partial charge in [-0.1, -0.05) is 42.9 Å². The molecule has 5 rings (SSSR count). The minimum atomic E-state index is -1.38. The molecule has 4 aliphatic carbocycles. The lowest BCUT2D eigenvalue weighted by Crippen LogP contribution is -2.62. The van der Waals surface area contributed by atoms with Crippen molar-refractivity contribution in [3.05, 3.63) is 11.6 Å². The molecule has 7 atom stereocenters. The van der Waals surface area contributed by atoms with Crippen molar-refractivity contribution >= 4 is 39.5 Å². The molecule has 3 fully saturated rings. The Morgan fingerprint density at radius 3 is 2.84 bits per heavy atom. The standard InChI is InChI=1S/C25H35NO4S2/c1-23-8-6-16(27)12-15(23)4-5-17-18-7-9-25(30,24(18,2)13-19(28)21(17)23)20(29)14-32-22-26-10-3-11-31-22/h12,17-19,21,28,30H,3-11,13-14H2,1-2H3/t17?,18?,19?,21?,23?,24?,25-/m0/s1. The fourth-order valence-corrected chi connectivity index (χ4v) is 9.99. The molecule has 0 saturated heterocycles. The molecule has 0 aromatic carbocycles. The Bertz CT molecular complexity index is 887. The quantitative estimate of drug-likeness (QED) is 0.639. The maximum Gasteiger partial charge on any atom is 0.175 e. The number of aliphatic hydroxyl groups is 2. The molecule has 0 amide bonds. The smallest absolute Gasteiger partial charge is 0.175 e. The van der Waals surface area contributed by atoms with Crippen LogP contribution in [0.3, 0.4) is 0 Å². The highest BCUT2D eigenvalue weighted by molar-refractivity contribution is 8.39. The van der Waals surface area contributed by atoms with E-state index in [1.807, 2.05) is 6.08 Å². The number of thioether (sulfide) groups is 2. The molecule has 5 nitrogen and oxygen atoms in total. The lowest BCUT2D eigenvalue weighted by atomic mass is 9.45. The first-order valence-electron chi connectivity index (χ1n) is 12.2. The molecule has 176 valence electrons. The zero-order valence-electron chi connectivity index (χ0n) is 19.1. The van der Waals surface area contributed by atoms with Gasteiger partial charge in [0, 0.05) is 24.1 Å². The second-order valence-electron chi connectivity index (χ2n) is 11.0. The molecule has 0 radical (unpaired) electrons. The Hall–Kier alpha value is -0.630. The summed E-state index contributed by atoms with van der Waals surface area (Å²) in [6.45, 7) is 5.11. The van der Waals surface area contributed by atoms with Crippen LogP contribution in [0.5, 0.6) is 0 Å². The predicted molar refractivity (Wildman–Crippen MR) is 130 cm³/mol. The highest BCUT2D eigenvalue weighted by atomic mass is 32.2. The third kappa shape index (κ3) is 3.40. The van der Waals surface area contributed by atoms with Crippen molar-refractivity contribution in [1.29, 1.82) is 0 Å². The number of hydrogen-bond donors (Lipinski definition) is 2. The van der Waals surface area contributed by atoms with Crippen molar-refractivity contribution in [2.75, 3.05) is 18.1 Å². The van der Waals surface area contributed by atoms with Crippen LogP contribution in [0.2, 0.25) is 0 Å². The Labute approximate surface area is 199 Å². The summed E-state index contributed by atoms with van der Waals surface area (Å²) in [5.74, 6) is 2.03. The molecule has 6 unspecified atom stereocenters. The van der Waals surface area contributed by atoms with Gasteiger partial charge in [0.1, 0.15) is 9.98 Å². The van der Waals surface area contributed by atoms with Crippen LogP contribution < -0.4 is 0 Å². The number of rotatable bonds is 3. The van der Waals surface area contributed by atoms with Crippen LogP contribution in [0.15, 0.2) is 16.6 Å². The number of carbonyl (C=O) groups is 2. The molecule has 5 aliphatic rings. The summed E-state index contributed by atoms with van der Waals surface area (Å²) in [5, 5.41) is 23.3. The minimum Gasteiger partial charge on any atom is -0.393 e. The van der Waals surface area contributed by atoms with E-state index in [1.165, 1.54) is 17.3 Å². The molecule has 0 aromatic heterocycles. The predicted octanol–water partition coefficient (Wildman–Crippen LogP) is 4.02. The van der Waals surface area contributed by atoms with Gasteiger partial charge in [-0.05, 0) is 74.2 Å². The van der Waals surface area contributed by atoms with Gasteiger partial charge >= 0.3 is 0 Å². The number of hydrogen-bond acceptors (Lipinski definition) is 7. The van der Waals surface area contributed by atoms with Gasteiger partial charge in [0.05, 0.1) is 11.9 Å². The van der Waals surface area contributed by atoms with Gasteiger partial charge in [-0.15, -0.1) is 0 Å². The van der Waals surface area contributed by atoms with E-state index in [9.17, 15) is 19.8 Å². The molecule has 1 heterocycles. The summed E-state index contributed by atoms with van der Waals surface area (Å²) >= 11 is 3.17. The Balaban J connectivity index is 1.39. The summed E-state index contributed by atoms with van der Waals surface area (Å²) in [6.07, 6.45) is 7.32. The van der Waals surface area contributed by atoms with E-state index in [2.05, 4.69) is 18.8 Å². The fourth-order valence-electron chi connectivity index (χ4n) is 7.92. The minimum absolute atomic E-state index is 0.0992. The average Bonchev–Trinajstić information content (AvgIpc) is 3.04. The van der Waals surface area contributed by atoms with Crippen LogP contribution in [0.25, 0.3) is 0 Å². The fraction of sp³-hybridized carbons (Fsp3) is 0.800. The second kappa shape index (κ2) is 8.24. The maximum atomic E-state index is 13.4. The first-order chi connectivity index (χ1) is 15.2. The van der Waals surface area contributed by atoms with Gasteiger partial charge in [0.25, 0.3) is 0 Å². The molecular formula is C25H35NO4S2.